The molecule has 1 aliphatic rings. The maximum Gasteiger partial charge on any atom is -0.0414 e. The summed E-state index contributed by atoms with van der Waals surface area (Å²) in [4.78, 5) is 0. The van der Waals surface area contributed by atoms with E-state index in [0.29, 0.717) is 0 Å². The Morgan fingerprint density at radius 3 is 1.50 bits per heavy atom. The quantitative estimate of drug-likeness (QED) is 0.521. The fraction of sp³-hybridized carbons (Fsp3) is 1.00. The summed E-state index contributed by atoms with van der Waals surface area (Å²) in [6.07, 6.45) is 11.5. The largest absolute Gasteiger partial charge is 0.0654 e. The van der Waals surface area contributed by atoms with Crippen LogP contribution >= 0.6 is 0 Å². The van der Waals surface area contributed by atoms with Gasteiger partial charge in [0.25, 0.3) is 0 Å². The summed E-state index contributed by atoms with van der Waals surface area (Å²) < 4.78 is 0. The van der Waals surface area contributed by atoms with Crippen LogP contribution in [0.2, 0.25) is 0 Å². The minimum absolute atomic E-state index is 1.15. The van der Waals surface area contributed by atoms with Crippen LogP contribution in [0.15, 0.2) is 0 Å². The van der Waals surface area contributed by atoms with Crippen LogP contribution in [0.25, 0.3) is 0 Å². The van der Waals surface area contributed by atoms with Crippen molar-refractivity contribution in [3.63, 3.8) is 0 Å². The third kappa shape index (κ3) is 10.0. The minimum Gasteiger partial charge on any atom is -0.0654 e. The average Bonchev–Trinajstić information content (AvgIpc) is 2.86. The molecule has 0 aromatic rings. The summed E-state index contributed by atoms with van der Waals surface area (Å²) in [6, 6.07) is 0. The van der Waals surface area contributed by atoms with Crippen molar-refractivity contribution in [3.05, 3.63) is 0 Å². The van der Waals surface area contributed by atoms with Crippen LogP contribution in [0.3, 0.4) is 0 Å². The van der Waals surface area contributed by atoms with Crippen LogP contribution in [0.1, 0.15) is 72.1 Å². The first kappa shape index (κ1) is 12.0. The molecule has 0 heteroatoms. The van der Waals surface area contributed by atoms with Gasteiger partial charge in [0.05, 0.1) is 0 Å². The minimum atomic E-state index is 1.15. The molecular formula is C12H26. The van der Waals surface area contributed by atoms with Crippen molar-refractivity contribution in [1.29, 1.82) is 0 Å². The molecule has 0 aliphatic heterocycles. The molecule has 0 amide bonds. The molecule has 0 bridgehead atoms. The van der Waals surface area contributed by atoms with Crippen molar-refractivity contribution in [2.45, 2.75) is 72.1 Å². The molecular weight excluding hydrogens is 144 g/mol. The van der Waals surface area contributed by atoms with Crippen molar-refractivity contribution in [2.24, 2.45) is 5.92 Å². The SMILES string of the molecule is CCCC1CC1.CCCCCC. The summed E-state index contributed by atoms with van der Waals surface area (Å²) in [6.45, 7) is 6.73. The van der Waals surface area contributed by atoms with Crippen LogP contribution < -0.4 is 0 Å². The standard InChI is InChI=1S/C6H12.C6H14/c1-2-3-6-4-5-6;1-3-5-6-4-2/h6H,2-5H2,1H3;3-6H2,1-2H3. The molecule has 1 aliphatic carbocycles. The van der Waals surface area contributed by atoms with E-state index in [2.05, 4.69) is 20.8 Å². The van der Waals surface area contributed by atoms with Crippen molar-refractivity contribution in [2.75, 3.05) is 0 Å². The van der Waals surface area contributed by atoms with Gasteiger partial charge in [-0.2, -0.15) is 0 Å². The first-order chi connectivity index (χ1) is 5.85. The molecule has 0 spiro atoms. The second kappa shape index (κ2) is 9.09. The third-order valence-electron chi connectivity index (χ3n) is 2.35. The summed E-state index contributed by atoms with van der Waals surface area (Å²) in [5.41, 5.74) is 0. The highest BCUT2D eigenvalue weighted by molar-refractivity contribution is 4.71. The Morgan fingerprint density at radius 2 is 1.33 bits per heavy atom. The Kier molecular flexibility index (Phi) is 9.09. The maximum atomic E-state index is 2.26. The van der Waals surface area contributed by atoms with Gasteiger partial charge in [0.1, 0.15) is 0 Å². The van der Waals surface area contributed by atoms with Gasteiger partial charge in [-0.05, 0) is 5.92 Å². The first-order valence-electron chi connectivity index (χ1n) is 5.85. The monoisotopic (exact) mass is 170 g/mol. The summed E-state index contributed by atoms with van der Waals surface area (Å²) in [7, 11) is 0. The zero-order valence-electron chi connectivity index (χ0n) is 9.23. The van der Waals surface area contributed by atoms with Gasteiger partial charge in [-0.1, -0.05) is 72.1 Å². The molecule has 0 heterocycles. The summed E-state index contributed by atoms with van der Waals surface area (Å²) in [5.74, 6) is 1.15. The van der Waals surface area contributed by atoms with Crippen LogP contribution in [-0.4, -0.2) is 0 Å². The van der Waals surface area contributed by atoms with Crippen molar-refractivity contribution < 1.29 is 0 Å². The Morgan fingerprint density at radius 1 is 0.833 bits per heavy atom. The number of unbranched alkanes of at least 4 members (excludes halogenated alkanes) is 3. The molecule has 0 N–H and O–H groups in total. The third-order valence-corrected chi connectivity index (χ3v) is 2.35. The van der Waals surface area contributed by atoms with Crippen LogP contribution in [0, 0.1) is 5.92 Å². The maximum absolute atomic E-state index is 2.26. The van der Waals surface area contributed by atoms with Crippen molar-refractivity contribution in [1.82, 2.24) is 0 Å². The second-order valence-corrected chi connectivity index (χ2v) is 3.94. The topological polar surface area (TPSA) is 0 Å². The fourth-order valence-corrected chi connectivity index (χ4v) is 1.31. The molecule has 0 nitrogen and oxygen atoms in total. The van der Waals surface area contributed by atoms with Crippen LogP contribution in [-0.2, 0) is 0 Å². The Labute approximate surface area is 78.8 Å². The Hall–Kier alpha value is 0. The highest BCUT2D eigenvalue weighted by atomic mass is 14.2. The summed E-state index contributed by atoms with van der Waals surface area (Å²) >= 11 is 0. The van der Waals surface area contributed by atoms with Crippen LogP contribution in [0.4, 0.5) is 0 Å². The molecule has 12 heavy (non-hydrogen) atoms. The van der Waals surface area contributed by atoms with Gasteiger partial charge >= 0.3 is 0 Å². The lowest BCUT2D eigenvalue weighted by molar-refractivity contribution is 0.702. The molecule has 1 fully saturated rings. The lowest BCUT2D eigenvalue weighted by Gasteiger charge is -1.86. The Balaban J connectivity index is 0.000000202. The first-order valence-corrected chi connectivity index (χ1v) is 5.85. The van der Waals surface area contributed by atoms with Crippen molar-refractivity contribution >= 4 is 0 Å². The molecule has 1 rings (SSSR count). The number of rotatable bonds is 5. The number of hydrogen-bond acceptors (Lipinski definition) is 0. The van der Waals surface area contributed by atoms with E-state index in [0.717, 1.165) is 5.92 Å². The van der Waals surface area contributed by atoms with E-state index in [1.165, 1.54) is 51.4 Å². The van der Waals surface area contributed by atoms with Crippen LogP contribution in [0.5, 0.6) is 0 Å². The van der Waals surface area contributed by atoms with E-state index in [9.17, 15) is 0 Å². The highest BCUT2D eigenvalue weighted by Gasteiger charge is 2.18. The van der Waals surface area contributed by atoms with E-state index < -0.39 is 0 Å². The molecule has 0 radical (unpaired) electrons. The fourth-order valence-electron chi connectivity index (χ4n) is 1.31. The predicted octanol–water partition coefficient (Wildman–Crippen LogP) is 4.78. The molecule has 74 valence electrons. The normalized spacial score (nSPS) is 15.2. The smallest absolute Gasteiger partial charge is 0.0414 e. The Bertz CT molecular complexity index is 68.1. The molecule has 0 aromatic heterocycles. The molecule has 1 saturated carbocycles. The lowest BCUT2D eigenvalue weighted by atomic mass is 10.2. The van der Waals surface area contributed by atoms with E-state index in [1.54, 1.807) is 0 Å². The van der Waals surface area contributed by atoms with Gasteiger partial charge < -0.3 is 0 Å². The van der Waals surface area contributed by atoms with E-state index in [1.807, 2.05) is 0 Å². The van der Waals surface area contributed by atoms with Crippen molar-refractivity contribution in [3.8, 4) is 0 Å². The van der Waals surface area contributed by atoms with Gasteiger partial charge in [0.2, 0.25) is 0 Å². The van der Waals surface area contributed by atoms with E-state index in [-0.39, 0.29) is 0 Å². The molecule has 0 unspecified atom stereocenters. The molecule has 0 aromatic carbocycles. The zero-order chi connectivity index (χ0) is 9.23. The average molecular weight is 170 g/mol. The summed E-state index contributed by atoms with van der Waals surface area (Å²) in [5, 5.41) is 0. The van der Waals surface area contributed by atoms with Gasteiger partial charge in [-0.25, -0.2) is 0 Å². The second-order valence-electron chi connectivity index (χ2n) is 3.94. The molecule has 0 atom stereocenters. The zero-order valence-corrected chi connectivity index (χ0v) is 9.23. The van der Waals surface area contributed by atoms with Gasteiger partial charge in [-0.15, -0.1) is 0 Å². The van der Waals surface area contributed by atoms with E-state index >= 15 is 0 Å². The predicted molar refractivity (Wildman–Crippen MR) is 57.4 cm³/mol. The van der Waals surface area contributed by atoms with Gasteiger partial charge in [-0.3, -0.25) is 0 Å². The number of hydrogen-bond donors (Lipinski definition) is 0. The van der Waals surface area contributed by atoms with E-state index in [4.69, 9.17) is 0 Å². The van der Waals surface area contributed by atoms with Gasteiger partial charge in [0.15, 0.2) is 0 Å². The highest BCUT2D eigenvalue weighted by Crippen LogP contribution is 2.32. The lowest BCUT2D eigenvalue weighted by Crippen LogP contribution is -1.68. The molecule has 0 saturated heterocycles. The van der Waals surface area contributed by atoms with Gasteiger partial charge in [0, 0.05) is 0 Å².